The van der Waals surface area contributed by atoms with Gasteiger partial charge < -0.3 is 10.1 Å². The van der Waals surface area contributed by atoms with Gasteiger partial charge >= 0.3 is 5.97 Å². The summed E-state index contributed by atoms with van der Waals surface area (Å²) < 4.78 is 56.8. The zero-order valence-electron chi connectivity index (χ0n) is 12.6. The van der Waals surface area contributed by atoms with Crippen molar-refractivity contribution in [2.45, 2.75) is 39.0 Å². The second-order valence-electron chi connectivity index (χ2n) is 4.83. The summed E-state index contributed by atoms with van der Waals surface area (Å²) in [6.45, 7) is 2.46. The Morgan fingerprint density at radius 1 is 1.04 bits per heavy atom. The zero-order chi connectivity index (χ0) is 17.4. The second kappa shape index (κ2) is 9.12. The first-order valence-corrected chi connectivity index (χ1v) is 7.17. The number of hydrogen-bond acceptors (Lipinski definition) is 3. The highest BCUT2D eigenvalue weighted by molar-refractivity contribution is 5.82. The fourth-order valence-electron chi connectivity index (χ4n) is 1.71. The van der Waals surface area contributed by atoms with E-state index in [0.717, 1.165) is 19.3 Å². The van der Waals surface area contributed by atoms with Crippen LogP contribution in [0.4, 0.5) is 17.6 Å². The lowest BCUT2D eigenvalue weighted by Crippen LogP contribution is -2.25. The first kappa shape index (κ1) is 18.9. The van der Waals surface area contributed by atoms with Crippen molar-refractivity contribution in [1.82, 2.24) is 5.32 Å². The van der Waals surface area contributed by atoms with E-state index in [1.54, 1.807) is 0 Å². The molecule has 0 atom stereocenters. The average molecular weight is 335 g/mol. The van der Waals surface area contributed by atoms with E-state index in [0.29, 0.717) is 6.54 Å². The average Bonchev–Trinajstić information content (AvgIpc) is 2.52. The minimum absolute atomic E-state index is 0.00571. The number of rotatable bonds is 8. The topological polar surface area (TPSA) is 55.4 Å². The molecule has 0 bridgehead atoms. The summed E-state index contributed by atoms with van der Waals surface area (Å²) in [6.07, 6.45) is 2.00. The monoisotopic (exact) mass is 335 g/mol. The molecule has 0 saturated heterocycles. The third-order valence-corrected chi connectivity index (χ3v) is 2.95. The van der Waals surface area contributed by atoms with Gasteiger partial charge in [0, 0.05) is 19.0 Å². The van der Waals surface area contributed by atoms with Crippen molar-refractivity contribution in [2.24, 2.45) is 0 Å². The number of hydrogen-bond donors (Lipinski definition) is 1. The van der Waals surface area contributed by atoms with E-state index in [-0.39, 0.29) is 12.5 Å². The molecule has 128 valence electrons. The van der Waals surface area contributed by atoms with Gasteiger partial charge in [-0.1, -0.05) is 19.8 Å². The van der Waals surface area contributed by atoms with Crippen LogP contribution < -0.4 is 10.1 Å². The number of amides is 1. The summed E-state index contributed by atoms with van der Waals surface area (Å²) in [5.41, 5.74) is 0. The molecule has 0 aliphatic rings. The SMILES string of the molecule is CCCCCNC(=O)CCC(=O)Oc1c(F)c(F)cc(F)c1F. The number of benzene rings is 1. The second-order valence-corrected chi connectivity index (χ2v) is 4.83. The summed E-state index contributed by atoms with van der Waals surface area (Å²) >= 11 is 0. The molecule has 0 spiro atoms. The van der Waals surface area contributed by atoms with Crippen LogP contribution in [0.3, 0.4) is 0 Å². The van der Waals surface area contributed by atoms with Gasteiger partial charge in [-0.3, -0.25) is 9.59 Å². The van der Waals surface area contributed by atoms with Crippen LogP contribution >= 0.6 is 0 Å². The fourth-order valence-corrected chi connectivity index (χ4v) is 1.71. The van der Waals surface area contributed by atoms with Gasteiger partial charge in [0.25, 0.3) is 0 Å². The van der Waals surface area contributed by atoms with E-state index < -0.39 is 47.3 Å². The summed E-state index contributed by atoms with van der Waals surface area (Å²) in [5.74, 6) is -10.0. The van der Waals surface area contributed by atoms with Gasteiger partial charge in [-0.15, -0.1) is 0 Å². The third kappa shape index (κ3) is 5.88. The number of nitrogens with one attached hydrogen (secondary N) is 1. The molecule has 0 aliphatic carbocycles. The Morgan fingerprint density at radius 3 is 2.22 bits per heavy atom. The van der Waals surface area contributed by atoms with Crippen molar-refractivity contribution < 1.29 is 31.9 Å². The Hall–Kier alpha value is -2.12. The Morgan fingerprint density at radius 2 is 1.65 bits per heavy atom. The molecule has 0 aromatic heterocycles. The number of esters is 1. The number of unbranched alkanes of at least 4 members (excludes halogenated alkanes) is 2. The maximum Gasteiger partial charge on any atom is 0.311 e. The van der Waals surface area contributed by atoms with Crippen molar-refractivity contribution in [3.8, 4) is 5.75 Å². The molecule has 0 unspecified atom stereocenters. The molecule has 1 aromatic carbocycles. The molecular weight excluding hydrogens is 318 g/mol. The number of halogens is 4. The molecule has 1 aromatic rings. The highest BCUT2D eigenvalue weighted by Gasteiger charge is 2.23. The first-order chi connectivity index (χ1) is 10.9. The number of carbonyl (C=O) groups excluding carboxylic acids is 2. The Bertz CT molecular complexity index is 552. The van der Waals surface area contributed by atoms with Gasteiger partial charge in [0.15, 0.2) is 11.6 Å². The quantitative estimate of drug-likeness (QED) is 0.261. The van der Waals surface area contributed by atoms with Crippen molar-refractivity contribution in [2.75, 3.05) is 6.54 Å². The van der Waals surface area contributed by atoms with Crippen LogP contribution in [0, 0.1) is 23.3 Å². The van der Waals surface area contributed by atoms with Crippen LogP contribution in [-0.2, 0) is 9.59 Å². The van der Waals surface area contributed by atoms with Crippen LogP contribution in [0.2, 0.25) is 0 Å². The highest BCUT2D eigenvalue weighted by atomic mass is 19.2. The summed E-state index contributed by atoms with van der Waals surface area (Å²) in [7, 11) is 0. The Labute approximate surface area is 130 Å². The van der Waals surface area contributed by atoms with Crippen LogP contribution in [0.15, 0.2) is 6.07 Å². The van der Waals surface area contributed by atoms with Crippen LogP contribution in [-0.4, -0.2) is 18.4 Å². The van der Waals surface area contributed by atoms with Gasteiger partial charge in [-0.25, -0.2) is 8.78 Å². The first-order valence-electron chi connectivity index (χ1n) is 7.17. The van der Waals surface area contributed by atoms with Gasteiger partial charge in [-0.05, 0) is 6.42 Å². The molecule has 23 heavy (non-hydrogen) atoms. The van der Waals surface area contributed by atoms with E-state index in [1.807, 2.05) is 6.92 Å². The predicted molar refractivity (Wildman–Crippen MR) is 73.7 cm³/mol. The van der Waals surface area contributed by atoms with E-state index in [2.05, 4.69) is 10.1 Å². The maximum atomic E-state index is 13.3. The molecular formula is C15H17F4NO3. The largest absolute Gasteiger partial charge is 0.420 e. The fraction of sp³-hybridized carbons (Fsp3) is 0.467. The zero-order valence-corrected chi connectivity index (χ0v) is 12.6. The smallest absolute Gasteiger partial charge is 0.311 e. The molecule has 0 heterocycles. The van der Waals surface area contributed by atoms with Gasteiger partial charge in [0.1, 0.15) is 0 Å². The molecule has 1 amide bonds. The Balaban J connectivity index is 2.50. The van der Waals surface area contributed by atoms with Crippen molar-refractivity contribution in [1.29, 1.82) is 0 Å². The standard InChI is InChI=1S/C15H17F4NO3/c1-2-3-4-7-20-11(21)5-6-12(22)23-15-13(18)9(16)8-10(17)14(15)19/h8H,2-7H2,1H3,(H,20,21). The van der Waals surface area contributed by atoms with Gasteiger partial charge in [0.05, 0.1) is 6.42 Å². The lowest BCUT2D eigenvalue weighted by Gasteiger charge is -2.08. The van der Waals surface area contributed by atoms with Crippen molar-refractivity contribution >= 4 is 11.9 Å². The van der Waals surface area contributed by atoms with Crippen LogP contribution in [0.5, 0.6) is 5.75 Å². The van der Waals surface area contributed by atoms with E-state index in [9.17, 15) is 27.2 Å². The normalized spacial score (nSPS) is 10.5. The lowest BCUT2D eigenvalue weighted by molar-refractivity contribution is -0.136. The molecule has 1 rings (SSSR count). The Kier molecular flexibility index (Phi) is 7.50. The summed E-state index contributed by atoms with van der Waals surface area (Å²) in [4.78, 5) is 22.9. The van der Waals surface area contributed by atoms with Crippen molar-refractivity contribution in [3.05, 3.63) is 29.3 Å². The highest BCUT2D eigenvalue weighted by Crippen LogP contribution is 2.26. The molecule has 0 saturated carbocycles. The van der Waals surface area contributed by atoms with E-state index >= 15 is 0 Å². The molecule has 4 nitrogen and oxygen atoms in total. The third-order valence-electron chi connectivity index (χ3n) is 2.95. The molecule has 0 radical (unpaired) electrons. The minimum Gasteiger partial charge on any atom is -0.420 e. The minimum atomic E-state index is -1.80. The van der Waals surface area contributed by atoms with Gasteiger partial charge in [0.2, 0.25) is 23.3 Å². The van der Waals surface area contributed by atoms with Crippen LogP contribution in [0.1, 0.15) is 39.0 Å². The molecule has 0 aliphatic heterocycles. The number of ether oxygens (including phenoxy) is 1. The summed E-state index contributed by atoms with van der Waals surface area (Å²) in [6, 6.07) is 0.00571. The lowest BCUT2D eigenvalue weighted by atomic mass is 10.2. The maximum absolute atomic E-state index is 13.3. The number of carbonyl (C=O) groups is 2. The molecule has 0 fully saturated rings. The molecule has 8 heteroatoms. The summed E-state index contributed by atoms with van der Waals surface area (Å²) in [5, 5.41) is 2.56. The predicted octanol–water partition coefficient (Wildman–Crippen LogP) is 3.24. The molecule has 1 N–H and O–H groups in total. The van der Waals surface area contributed by atoms with Crippen LogP contribution in [0.25, 0.3) is 0 Å². The van der Waals surface area contributed by atoms with Crippen molar-refractivity contribution in [3.63, 3.8) is 0 Å². The van der Waals surface area contributed by atoms with E-state index in [4.69, 9.17) is 0 Å². The van der Waals surface area contributed by atoms with Gasteiger partial charge in [-0.2, -0.15) is 8.78 Å². The van der Waals surface area contributed by atoms with E-state index in [1.165, 1.54) is 0 Å².